The van der Waals surface area contributed by atoms with E-state index < -0.39 is 4.92 Å². The number of aromatic nitrogens is 1. The van der Waals surface area contributed by atoms with Crippen molar-refractivity contribution >= 4 is 5.82 Å². The Morgan fingerprint density at radius 1 is 1.44 bits per heavy atom. The summed E-state index contributed by atoms with van der Waals surface area (Å²) in [5.74, 6) is 0.0256. The third kappa shape index (κ3) is 4.67. The monoisotopic (exact) mass is 253 g/mol. The highest BCUT2D eigenvalue weighted by Crippen LogP contribution is 2.24. The molecule has 100 valence electrons. The second-order valence-electron chi connectivity index (χ2n) is 3.98. The van der Waals surface area contributed by atoms with Crippen molar-refractivity contribution in [3.63, 3.8) is 0 Å². The summed E-state index contributed by atoms with van der Waals surface area (Å²) in [6, 6.07) is 3.30. The molecule has 18 heavy (non-hydrogen) atoms. The molecule has 0 radical (unpaired) electrons. The second kappa shape index (κ2) is 7.60. The molecular formula is C12H19N3O3. The van der Waals surface area contributed by atoms with Gasteiger partial charge in [0.1, 0.15) is 5.69 Å². The molecule has 1 N–H and O–H groups in total. The van der Waals surface area contributed by atoms with Crippen LogP contribution in [0.2, 0.25) is 0 Å². The van der Waals surface area contributed by atoms with Crippen LogP contribution >= 0.6 is 0 Å². The van der Waals surface area contributed by atoms with Crippen LogP contribution in [0.15, 0.2) is 12.1 Å². The van der Waals surface area contributed by atoms with E-state index >= 15 is 0 Å². The van der Waals surface area contributed by atoms with Crippen LogP contribution in [-0.4, -0.2) is 29.6 Å². The Morgan fingerprint density at radius 3 is 2.89 bits per heavy atom. The van der Waals surface area contributed by atoms with Gasteiger partial charge in [0.15, 0.2) is 0 Å². The lowest BCUT2D eigenvalue weighted by Crippen LogP contribution is -2.18. The van der Waals surface area contributed by atoms with Gasteiger partial charge in [-0.3, -0.25) is 0 Å². The predicted octanol–water partition coefficient (Wildman–Crippen LogP) is 2.07. The van der Waals surface area contributed by atoms with E-state index in [1.165, 1.54) is 0 Å². The molecular weight excluding hydrogens is 234 g/mol. The Balaban J connectivity index is 2.44. The molecule has 0 saturated carbocycles. The lowest BCUT2D eigenvalue weighted by atomic mass is 10.3. The van der Waals surface area contributed by atoms with Crippen LogP contribution in [-0.2, 0) is 0 Å². The zero-order valence-electron chi connectivity index (χ0n) is 10.8. The molecule has 0 aromatic carbocycles. The molecule has 0 fully saturated rings. The van der Waals surface area contributed by atoms with Crippen molar-refractivity contribution in [2.24, 2.45) is 0 Å². The van der Waals surface area contributed by atoms with E-state index in [1.807, 2.05) is 0 Å². The van der Waals surface area contributed by atoms with Crippen LogP contribution in [0.25, 0.3) is 0 Å². The van der Waals surface area contributed by atoms with E-state index in [-0.39, 0.29) is 11.6 Å². The Labute approximate surface area is 107 Å². The van der Waals surface area contributed by atoms with Crippen molar-refractivity contribution in [3.05, 3.63) is 27.9 Å². The molecule has 0 spiro atoms. The molecule has 6 heteroatoms. The first-order valence-corrected chi connectivity index (χ1v) is 6.10. The molecule has 1 aromatic heterocycles. The van der Waals surface area contributed by atoms with Crippen LogP contribution in [0.3, 0.4) is 0 Å². The Morgan fingerprint density at radius 2 is 2.22 bits per heavy atom. The molecule has 1 aromatic rings. The fraction of sp³-hybridized carbons (Fsp3) is 0.583. The van der Waals surface area contributed by atoms with Crippen molar-refractivity contribution in [2.45, 2.75) is 26.7 Å². The lowest BCUT2D eigenvalue weighted by molar-refractivity contribution is -0.390. The highest BCUT2D eigenvalue weighted by atomic mass is 16.6. The molecule has 0 aliphatic carbocycles. The number of ether oxygens (including phenoxy) is 1. The number of nitrogens with one attached hydrogen (secondary N) is 1. The SMILES string of the molecule is CCCNCCCOc1ccc(C)nc1[N+](=O)[O-]. The Kier molecular flexibility index (Phi) is 6.07. The first kappa shape index (κ1) is 14.4. The smallest absolute Gasteiger partial charge is 0.406 e. The van der Waals surface area contributed by atoms with Gasteiger partial charge in [0.2, 0.25) is 5.75 Å². The minimum Gasteiger partial charge on any atom is -0.486 e. The van der Waals surface area contributed by atoms with Crippen molar-refractivity contribution in [1.29, 1.82) is 0 Å². The fourth-order valence-corrected chi connectivity index (χ4v) is 1.45. The van der Waals surface area contributed by atoms with Gasteiger partial charge in [0.05, 0.1) is 6.61 Å². The van der Waals surface area contributed by atoms with Gasteiger partial charge < -0.3 is 20.2 Å². The van der Waals surface area contributed by atoms with E-state index in [2.05, 4.69) is 17.2 Å². The average Bonchev–Trinajstić information content (AvgIpc) is 2.35. The van der Waals surface area contributed by atoms with Gasteiger partial charge in [-0.15, -0.1) is 0 Å². The van der Waals surface area contributed by atoms with Gasteiger partial charge in [-0.05, 0) is 48.0 Å². The molecule has 0 atom stereocenters. The Bertz CT molecular complexity index is 396. The molecule has 0 saturated heterocycles. The first-order valence-electron chi connectivity index (χ1n) is 6.10. The summed E-state index contributed by atoms with van der Waals surface area (Å²) in [6.07, 6.45) is 1.90. The van der Waals surface area contributed by atoms with Crippen molar-refractivity contribution in [2.75, 3.05) is 19.7 Å². The highest BCUT2D eigenvalue weighted by molar-refractivity contribution is 5.40. The second-order valence-corrected chi connectivity index (χ2v) is 3.98. The van der Waals surface area contributed by atoms with Gasteiger partial charge in [-0.2, -0.15) is 0 Å². The zero-order chi connectivity index (χ0) is 13.4. The third-order valence-corrected chi connectivity index (χ3v) is 2.33. The zero-order valence-corrected chi connectivity index (χ0v) is 10.8. The summed E-state index contributed by atoms with van der Waals surface area (Å²) >= 11 is 0. The summed E-state index contributed by atoms with van der Waals surface area (Å²) in [7, 11) is 0. The highest BCUT2D eigenvalue weighted by Gasteiger charge is 2.17. The topological polar surface area (TPSA) is 77.3 Å². The number of rotatable bonds is 8. The lowest BCUT2D eigenvalue weighted by Gasteiger charge is -2.07. The number of hydrogen-bond acceptors (Lipinski definition) is 5. The van der Waals surface area contributed by atoms with Gasteiger partial charge in [0, 0.05) is 6.92 Å². The van der Waals surface area contributed by atoms with Crippen molar-refractivity contribution in [1.82, 2.24) is 10.3 Å². The van der Waals surface area contributed by atoms with Crippen molar-refractivity contribution in [3.8, 4) is 5.75 Å². The van der Waals surface area contributed by atoms with Gasteiger partial charge in [0.25, 0.3) is 0 Å². The van der Waals surface area contributed by atoms with Crippen LogP contribution in [0.1, 0.15) is 25.5 Å². The molecule has 0 aliphatic heterocycles. The quantitative estimate of drug-likeness (QED) is 0.436. The minimum atomic E-state index is -0.516. The van der Waals surface area contributed by atoms with E-state index in [0.717, 1.165) is 25.9 Å². The minimum absolute atomic E-state index is 0.212. The maximum atomic E-state index is 10.8. The third-order valence-electron chi connectivity index (χ3n) is 2.33. The van der Waals surface area contributed by atoms with E-state index in [1.54, 1.807) is 19.1 Å². The number of nitrogens with zero attached hydrogens (tertiary/aromatic N) is 2. The molecule has 0 amide bonds. The summed E-state index contributed by atoms with van der Waals surface area (Å²) < 4.78 is 5.39. The number of pyridine rings is 1. The average molecular weight is 253 g/mol. The molecule has 6 nitrogen and oxygen atoms in total. The van der Waals surface area contributed by atoms with Crippen LogP contribution in [0.4, 0.5) is 5.82 Å². The maximum absolute atomic E-state index is 10.8. The maximum Gasteiger partial charge on any atom is 0.406 e. The fourth-order valence-electron chi connectivity index (χ4n) is 1.45. The first-order chi connectivity index (χ1) is 8.65. The summed E-state index contributed by atoms with van der Waals surface area (Å²) in [4.78, 5) is 14.1. The molecule has 1 heterocycles. The van der Waals surface area contributed by atoms with E-state index in [9.17, 15) is 10.1 Å². The number of aryl methyl sites for hydroxylation is 1. The Hall–Kier alpha value is -1.69. The van der Waals surface area contributed by atoms with E-state index in [0.29, 0.717) is 12.3 Å². The summed E-state index contributed by atoms with van der Waals surface area (Å²) in [5.41, 5.74) is 0.610. The number of hydrogen-bond donors (Lipinski definition) is 1. The van der Waals surface area contributed by atoms with Crippen molar-refractivity contribution < 1.29 is 9.66 Å². The van der Waals surface area contributed by atoms with E-state index in [4.69, 9.17) is 4.74 Å². The van der Waals surface area contributed by atoms with Crippen LogP contribution in [0.5, 0.6) is 5.75 Å². The van der Waals surface area contributed by atoms with Crippen LogP contribution < -0.4 is 10.1 Å². The summed E-state index contributed by atoms with van der Waals surface area (Å²) in [6.45, 7) is 6.09. The molecule has 0 unspecified atom stereocenters. The molecule has 1 rings (SSSR count). The predicted molar refractivity (Wildman–Crippen MR) is 68.9 cm³/mol. The summed E-state index contributed by atoms with van der Waals surface area (Å²) in [5, 5.41) is 14.0. The van der Waals surface area contributed by atoms with Gasteiger partial charge in [-0.1, -0.05) is 6.92 Å². The largest absolute Gasteiger partial charge is 0.486 e. The normalized spacial score (nSPS) is 10.3. The molecule has 0 bridgehead atoms. The standard InChI is InChI=1S/C12H19N3O3/c1-3-7-13-8-4-9-18-11-6-5-10(2)14-12(11)15(16)17/h5-6,13H,3-4,7-9H2,1-2H3. The van der Waals surface area contributed by atoms with Gasteiger partial charge in [-0.25, -0.2) is 0 Å². The number of nitro groups is 1. The van der Waals surface area contributed by atoms with Gasteiger partial charge >= 0.3 is 5.82 Å². The van der Waals surface area contributed by atoms with Crippen LogP contribution in [0, 0.1) is 17.0 Å². The molecule has 0 aliphatic rings.